The van der Waals surface area contributed by atoms with Gasteiger partial charge >= 0.3 is 0 Å². The molecule has 0 bridgehead atoms. The van der Waals surface area contributed by atoms with Gasteiger partial charge in [0.2, 0.25) is 0 Å². The minimum absolute atomic E-state index is 0.128. The van der Waals surface area contributed by atoms with Crippen LogP contribution in [-0.2, 0) is 0 Å². The first-order valence-corrected chi connectivity index (χ1v) is 6.85. The second kappa shape index (κ2) is 6.25. The highest BCUT2D eigenvalue weighted by Crippen LogP contribution is 2.33. The molecule has 20 heavy (non-hydrogen) atoms. The van der Waals surface area contributed by atoms with Crippen LogP contribution in [-0.4, -0.2) is 12.2 Å². The lowest BCUT2D eigenvalue weighted by molar-refractivity contribution is 0.406. The smallest absolute Gasteiger partial charge is 0.124 e. The molecule has 3 nitrogen and oxygen atoms in total. The second-order valence-corrected chi connectivity index (χ2v) is 5.26. The van der Waals surface area contributed by atoms with Crippen molar-refractivity contribution in [1.82, 2.24) is 0 Å². The minimum Gasteiger partial charge on any atom is -0.507 e. The zero-order chi connectivity index (χ0) is 14.7. The number of anilines is 1. The molecule has 2 rings (SSSR count). The molecule has 0 radical (unpaired) electrons. The fourth-order valence-electron chi connectivity index (χ4n) is 1.94. The van der Waals surface area contributed by atoms with E-state index in [0.29, 0.717) is 15.8 Å². The van der Waals surface area contributed by atoms with Crippen LogP contribution in [0.5, 0.6) is 11.5 Å². The first kappa shape index (κ1) is 14.8. The summed E-state index contributed by atoms with van der Waals surface area (Å²) in [5.74, 6) is 0.779. The van der Waals surface area contributed by atoms with Crippen LogP contribution in [0.2, 0.25) is 10.0 Å². The van der Waals surface area contributed by atoms with Crippen molar-refractivity contribution in [3.63, 3.8) is 0 Å². The maximum atomic E-state index is 10.0. The maximum absolute atomic E-state index is 10.0. The Hall–Kier alpha value is -1.58. The van der Waals surface area contributed by atoms with Gasteiger partial charge in [-0.3, -0.25) is 0 Å². The molecule has 2 aromatic carbocycles. The van der Waals surface area contributed by atoms with Crippen molar-refractivity contribution in [2.24, 2.45) is 0 Å². The van der Waals surface area contributed by atoms with Crippen molar-refractivity contribution < 1.29 is 9.84 Å². The highest BCUT2D eigenvalue weighted by molar-refractivity contribution is 6.35. The zero-order valence-corrected chi connectivity index (χ0v) is 12.7. The minimum atomic E-state index is -0.128. The summed E-state index contributed by atoms with van der Waals surface area (Å²) in [4.78, 5) is 0. The summed E-state index contributed by atoms with van der Waals surface area (Å²) in [6.45, 7) is 1.93. The lowest BCUT2D eigenvalue weighted by Crippen LogP contribution is -2.07. The van der Waals surface area contributed by atoms with E-state index < -0.39 is 0 Å². The molecule has 0 aliphatic carbocycles. The number of halogens is 2. The molecule has 2 aromatic rings. The Morgan fingerprint density at radius 3 is 2.55 bits per heavy atom. The summed E-state index contributed by atoms with van der Waals surface area (Å²) in [5.41, 5.74) is 1.48. The Morgan fingerprint density at radius 2 is 1.90 bits per heavy atom. The Bertz CT molecular complexity index is 617. The van der Waals surface area contributed by atoms with Crippen LogP contribution in [0, 0.1) is 0 Å². The van der Waals surface area contributed by atoms with Crippen molar-refractivity contribution in [3.05, 3.63) is 52.0 Å². The highest BCUT2D eigenvalue weighted by atomic mass is 35.5. The van der Waals surface area contributed by atoms with Crippen LogP contribution in [0.1, 0.15) is 18.5 Å². The molecule has 0 fully saturated rings. The average molecular weight is 312 g/mol. The van der Waals surface area contributed by atoms with Crippen molar-refractivity contribution in [2.45, 2.75) is 13.0 Å². The standard InChI is InChI=1S/C15H15Cl2NO2/c1-9(12-5-4-11(20-2)8-15(12)19)18-14-7-10(16)3-6-13(14)17/h3-9,18-19H,1-2H3. The molecule has 0 aliphatic rings. The van der Waals surface area contributed by atoms with Crippen LogP contribution in [0.3, 0.4) is 0 Å². The van der Waals surface area contributed by atoms with Crippen LogP contribution in [0.15, 0.2) is 36.4 Å². The number of aromatic hydroxyl groups is 1. The molecule has 0 saturated heterocycles. The predicted octanol–water partition coefficient (Wildman–Crippen LogP) is 4.88. The third-order valence-corrected chi connectivity index (χ3v) is 3.57. The molecule has 106 valence electrons. The molecule has 0 aromatic heterocycles. The van der Waals surface area contributed by atoms with E-state index in [1.807, 2.05) is 13.0 Å². The Balaban J connectivity index is 2.23. The van der Waals surface area contributed by atoms with Crippen molar-refractivity contribution >= 4 is 28.9 Å². The van der Waals surface area contributed by atoms with Gasteiger partial charge in [0.25, 0.3) is 0 Å². The SMILES string of the molecule is COc1ccc(C(C)Nc2cc(Cl)ccc2Cl)c(O)c1. The van der Waals surface area contributed by atoms with Gasteiger partial charge in [0.05, 0.1) is 23.9 Å². The van der Waals surface area contributed by atoms with Crippen LogP contribution >= 0.6 is 23.2 Å². The van der Waals surface area contributed by atoms with Gasteiger partial charge in [0.1, 0.15) is 11.5 Å². The van der Waals surface area contributed by atoms with Crippen LogP contribution in [0.25, 0.3) is 0 Å². The third-order valence-electron chi connectivity index (χ3n) is 3.00. The number of phenolic OH excluding ortho intramolecular Hbond substituents is 1. The highest BCUT2D eigenvalue weighted by Gasteiger charge is 2.12. The molecule has 1 unspecified atom stereocenters. The van der Waals surface area contributed by atoms with Gasteiger partial charge in [-0.25, -0.2) is 0 Å². The predicted molar refractivity (Wildman–Crippen MR) is 83.2 cm³/mol. The van der Waals surface area contributed by atoms with E-state index in [9.17, 15) is 5.11 Å². The van der Waals surface area contributed by atoms with Gasteiger partial charge in [0.15, 0.2) is 0 Å². The molecular weight excluding hydrogens is 297 g/mol. The molecule has 0 aliphatic heterocycles. The van der Waals surface area contributed by atoms with E-state index in [1.165, 1.54) is 0 Å². The summed E-state index contributed by atoms with van der Waals surface area (Å²) in [7, 11) is 1.56. The first-order valence-electron chi connectivity index (χ1n) is 6.09. The van der Waals surface area contributed by atoms with E-state index in [2.05, 4.69) is 5.32 Å². The quantitative estimate of drug-likeness (QED) is 0.845. The number of hydrogen-bond donors (Lipinski definition) is 2. The van der Waals surface area contributed by atoms with Crippen molar-refractivity contribution in [1.29, 1.82) is 0 Å². The number of phenols is 1. The first-order chi connectivity index (χ1) is 9.51. The van der Waals surface area contributed by atoms with Crippen molar-refractivity contribution in [2.75, 3.05) is 12.4 Å². The van der Waals surface area contributed by atoms with E-state index in [4.69, 9.17) is 27.9 Å². The molecule has 0 amide bonds. The summed E-state index contributed by atoms with van der Waals surface area (Å²) >= 11 is 12.1. The Kier molecular flexibility index (Phi) is 4.63. The molecule has 0 spiro atoms. The fourth-order valence-corrected chi connectivity index (χ4v) is 2.28. The lowest BCUT2D eigenvalue weighted by atomic mass is 10.1. The van der Waals surface area contributed by atoms with E-state index in [0.717, 1.165) is 11.3 Å². The summed E-state index contributed by atoms with van der Waals surface area (Å²) in [5, 5.41) is 14.4. The molecule has 2 N–H and O–H groups in total. The number of ether oxygens (including phenoxy) is 1. The van der Waals surface area contributed by atoms with Crippen LogP contribution in [0.4, 0.5) is 5.69 Å². The molecule has 0 saturated carbocycles. The Labute approximate surface area is 128 Å². The molecule has 1 atom stereocenters. The van der Waals surface area contributed by atoms with E-state index in [1.54, 1.807) is 37.4 Å². The number of benzene rings is 2. The normalized spacial score (nSPS) is 12.0. The lowest BCUT2D eigenvalue weighted by Gasteiger charge is -2.18. The van der Waals surface area contributed by atoms with Gasteiger partial charge < -0.3 is 15.2 Å². The maximum Gasteiger partial charge on any atom is 0.124 e. The fraction of sp³-hybridized carbons (Fsp3) is 0.200. The number of hydrogen-bond acceptors (Lipinski definition) is 3. The topological polar surface area (TPSA) is 41.5 Å². The van der Waals surface area contributed by atoms with Gasteiger partial charge in [0, 0.05) is 16.7 Å². The zero-order valence-electron chi connectivity index (χ0n) is 11.2. The summed E-state index contributed by atoms with van der Waals surface area (Å²) in [6.07, 6.45) is 0. The van der Waals surface area contributed by atoms with Crippen LogP contribution < -0.4 is 10.1 Å². The average Bonchev–Trinajstić information content (AvgIpc) is 2.42. The second-order valence-electron chi connectivity index (χ2n) is 4.41. The Morgan fingerprint density at radius 1 is 1.15 bits per heavy atom. The molecule has 5 heteroatoms. The number of methoxy groups -OCH3 is 1. The molecular formula is C15H15Cl2NO2. The number of nitrogens with one attached hydrogen (secondary N) is 1. The number of rotatable bonds is 4. The van der Waals surface area contributed by atoms with Gasteiger partial charge in [-0.05, 0) is 37.3 Å². The molecule has 0 heterocycles. The van der Waals surface area contributed by atoms with Gasteiger partial charge in [-0.2, -0.15) is 0 Å². The van der Waals surface area contributed by atoms with Gasteiger partial charge in [-0.1, -0.05) is 23.2 Å². The van der Waals surface area contributed by atoms with E-state index in [-0.39, 0.29) is 11.8 Å². The summed E-state index contributed by atoms with van der Waals surface area (Å²) < 4.78 is 5.06. The largest absolute Gasteiger partial charge is 0.507 e. The summed E-state index contributed by atoms with van der Waals surface area (Å²) in [6, 6.07) is 10.3. The third kappa shape index (κ3) is 3.30. The van der Waals surface area contributed by atoms with Crippen molar-refractivity contribution in [3.8, 4) is 11.5 Å². The van der Waals surface area contributed by atoms with Gasteiger partial charge in [-0.15, -0.1) is 0 Å². The van der Waals surface area contributed by atoms with E-state index >= 15 is 0 Å². The monoisotopic (exact) mass is 311 g/mol.